The Labute approximate surface area is 134 Å². The third-order valence-electron chi connectivity index (χ3n) is 2.57. The van der Waals surface area contributed by atoms with Crippen LogP contribution in [0.5, 0.6) is 0 Å². The molecule has 0 spiro atoms. The zero-order chi connectivity index (χ0) is 14.7. The summed E-state index contributed by atoms with van der Waals surface area (Å²) in [6.45, 7) is 1.82. The maximum absolute atomic E-state index is 10.7. The first-order valence-corrected chi connectivity index (χ1v) is 8.27. The number of carboxylic acids is 1. The quantitative estimate of drug-likeness (QED) is 0.798. The summed E-state index contributed by atoms with van der Waals surface area (Å²) in [6.07, 6.45) is 0.0159. The van der Waals surface area contributed by atoms with Crippen LogP contribution in [-0.2, 0) is 17.0 Å². The molecule has 0 aliphatic rings. The number of aromatic nitrogens is 1. The van der Waals surface area contributed by atoms with Gasteiger partial charge in [-0.05, 0) is 18.6 Å². The van der Waals surface area contributed by atoms with Crippen LogP contribution >= 0.6 is 46.3 Å². The first-order chi connectivity index (χ1) is 9.47. The van der Waals surface area contributed by atoms with Crippen LogP contribution < -0.4 is 0 Å². The summed E-state index contributed by atoms with van der Waals surface area (Å²) in [5, 5.41) is 9.91. The van der Waals surface area contributed by atoms with E-state index in [1.54, 1.807) is 6.07 Å². The number of thioether (sulfide) groups is 1. The molecule has 0 aliphatic heterocycles. The molecule has 2 rings (SSSR count). The van der Waals surface area contributed by atoms with Crippen molar-refractivity contribution in [3.63, 3.8) is 0 Å². The smallest absolute Gasteiger partial charge is 0.308 e. The highest BCUT2D eigenvalue weighted by molar-refractivity contribution is 8.00. The normalized spacial score (nSPS) is 10.8. The van der Waals surface area contributed by atoms with E-state index in [0.717, 1.165) is 20.5 Å². The van der Waals surface area contributed by atoms with Crippen molar-refractivity contribution in [2.45, 2.75) is 23.4 Å². The van der Waals surface area contributed by atoms with Gasteiger partial charge in [-0.3, -0.25) is 4.79 Å². The number of hydrogen-bond acceptors (Lipinski definition) is 4. The number of benzene rings is 1. The lowest BCUT2D eigenvalue weighted by Crippen LogP contribution is -1.99. The van der Waals surface area contributed by atoms with Gasteiger partial charge in [-0.15, -0.1) is 11.3 Å². The topological polar surface area (TPSA) is 50.2 Å². The SMILES string of the molecule is Cc1nc(SCc2cccc(Cl)c2Cl)sc1CC(=O)O. The Kier molecular flexibility index (Phi) is 5.32. The van der Waals surface area contributed by atoms with E-state index in [-0.39, 0.29) is 6.42 Å². The molecule has 0 saturated heterocycles. The van der Waals surface area contributed by atoms with Crippen LogP contribution in [0.15, 0.2) is 22.5 Å². The molecule has 1 N–H and O–H groups in total. The molecule has 0 fully saturated rings. The van der Waals surface area contributed by atoms with E-state index < -0.39 is 5.97 Å². The summed E-state index contributed by atoms with van der Waals surface area (Å²) in [5.41, 5.74) is 1.72. The number of carboxylic acid groups (broad SMARTS) is 1. The fourth-order valence-electron chi connectivity index (χ4n) is 1.56. The van der Waals surface area contributed by atoms with Gasteiger partial charge in [0.1, 0.15) is 0 Å². The van der Waals surface area contributed by atoms with Crippen molar-refractivity contribution in [2.75, 3.05) is 0 Å². The molecule has 1 aromatic heterocycles. The van der Waals surface area contributed by atoms with Gasteiger partial charge in [-0.1, -0.05) is 47.1 Å². The number of nitrogens with zero attached hydrogens (tertiary/aromatic N) is 1. The van der Waals surface area contributed by atoms with Gasteiger partial charge >= 0.3 is 5.97 Å². The number of carbonyl (C=O) groups is 1. The zero-order valence-electron chi connectivity index (χ0n) is 10.5. The third kappa shape index (κ3) is 3.88. The van der Waals surface area contributed by atoms with Gasteiger partial charge in [-0.25, -0.2) is 4.98 Å². The van der Waals surface area contributed by atoms with Crippen molar-refractivity contribution in [1.82, 2.24) is 4.98 Å². The molecular formula is C13H11Cl2NO2S2. The van der Waals surface area contributed by atoms with E-state index in [4.69, 9.17) is 28.3 Å². The molecule has 0 radical (unpaired) electrons. The van der Waals surface area contributed by atoms with Crippen molar-refractivity contribution < 1.29 is 9.90 Å². The fourth-order valence-corrected chi connectivity index (χ4v) is 4.25. The van der Waals surface area contributed by atoms with Crippen molar-refractivity contribution in [2.24, 2.45) is 0 Å². The highest BCUT2D eigenvalue weighted by Crippen LogP contribution is 2.33. The van der Waals surface area contributed by atoms with Gasteiger partial charge in [0, 0.05) is 10.6 Å². The molecule has 0 bridgehead atoms. The van der Waals surface area contributed by atoms with Gasteiger partial charge in [0.15, 0.2) is 4.34 Å². The lowest BCUT2D eigenvalue weighted by molar-refractivity contribution is -0.136. The minimum absolute atomic E-state index is 0.0159. The Bertz CT molecular complexity index is 643. The van der Waals surface area contributed by atoms with Crippen LogP contribution in [0.1, 0.15) is 16.1 Å². The lowest BCUT2D eigenvalue weighted by atomic mass is 10.2. The highest BCUT2D eigenvalue weighted by atomic mass is 35.5. The number of aryl methyl sites for hydroxylation is 1. The second kappa shape index (κ2) is 6.80. The second-order valence-electron chi connectivity index (χ2n) is 4.06. The molecule has 3 nitrogen and oxygen atoms in total. The Morgan fingerprint density at radius 3 is 2.90 bits per heavy atom. The van der Waals surface area contributed by atoms with E-state index in [1.165, 1.54) is 23.1 Å². The lowest BCUT2D eigenvalue weighted by Gasteiger charge is -2.03. The predicted octanol–water partition coefficient (Wildman–Crippen LogP) is 4.68. The van der Waals surface area contributed by atoms with E-state index >= 15 is 0 Å². The van der Waals surface area contributed by atoms with Crippen molar-refractivity contribution in [3.05, 3.63) is 44.4 Å². The molecule has 0 saturated carbocycles. The van der Waals surface area contributed by atoms with Crippen LogP contribution in [0.25, 0.3) is 0 Å². The summed E-state index contributed by atoms with van der Waals surface area (Å²) in [5.74, 6) is -0.190. The zero-order valence-corrected chi connectivity index (χ0v) is 13.7. The van der Waals surface area contributed by atoms with Gasteiger partial charge < -0.3 is 5.11 Å². The third-order valence-corrected chi connectivity index (χ3v) is 5.77. The molecule has 0 unspecified atom stereocenters. The number of rotatable bonds is 5. The van der Waals surface area contributed by atoms with E-state index in [1.807, 2.05) is 19.1 Å². The predicted molar refractivity (Wildman–Crippen MR) is 84.2 cm³/mol. The Morgan fingerprint density at radius 1 is 1.45 bits per heavy atom. The highest BCUT2D eigenvalue weighted by Gasteiger charge is 2.12. The summed E-state index contributed by atoms with van der Waals surface area (Å²) < 4.78 is 0.842. The monoisotopic (exact) mass is 347 g/mol. The molecule has 0 amide bonds. The molecule has 2 aromatic rings. The first-order valence-electron chi connectivity index (χ1n) is 5.71. The maximum atomic E-state index is 10.7. The summed E-state index contributed by atoms with van der Waals surface area (Å²) in [4.78, 5) is 15.9. The molecular weight excluding hydrogens is 337 g/mol. The standard InChI is InChI=1S/C13H11Cl2NO2S2/c1-7-10(5-11(17)18)20-13(16-7)19-6-8-3-2-4-9(14)12(8)15/h2-4H,5-6H2,1H3,(H,17,18). The van der Waals surface area contributed by atoms with Gasteiger partial charge in [-0.2, -0.15) is 0 Å². The summed E-state index contributed by atoms with van der Waals surface area (Å²) in [6, 6.07) is 5.52. The van der Waals surface area contributed by atoms with Gasteiger partial charge in [0.25, 0.3) is 0 Å². The Hall–Kier alpha value is -0.750. The second-order valence-corrected chi connectivity index (χ2v) is 7.15. The van der Waals surface area contributed by atoms with Crippen LogP contribution in [0.4, 0.5) is 0 Å². The van der Waals surface area contributed by atoms with E-state index in [9.17, 15) is 4.79 Å². The number of thiazole rings is 1. The minimum Gasteiger partial charge on any atom is -0.481 e. The van der Waals surface area contributed by atoms with E-state index in [0.29, 0.717) is 15.8 Å². The molecule has 106 valence electrons. The molecule has 1 heterocycles. The summed E-state index contributed by atoms with van der Waals surface area (Å²) in [7, 11) is 0. The number of aliphatic carboxylic acids is 1. The number of halogens is 2. The molecule has 0 atom stereocenters. The van der Waals surface area contributed by atoms with Gasteiger partial charge in [0.2, 0.25) is 0 Å². The van der Waals surface area contributed by atoms with Crippen LogP contribution in [-0.4, -0.2) is 16.1 Å². The first kappa shape index (κ1) is 15.6. The fraction of sp³-hybridized carbons (Fsp3) is 0.231. The minimum atomic E-state index is -0.841. The van der Waals surface area contributed by atoms with Crippen LogP contribution in [0, 0.1) is 6.92 Å². The Morgan fingerprint density at radius 2 is 2.20 bits per heavy atom. The average Bonchev–Trinajstić information content (AvgIpc) is 2.71. The van der Waals surface area contributed by atoms with Crippen LogP contribution in [0.3, 0.4) is 0 Å². The average molecular weight is 348 g/mol. The molecule has 0 aliphatic carbocycles. The Balaban J connectivity index is 2.07. The van der Waals surface area contributed by atoms with Gasteiger partial charge in [0.05, 0.1) is 22.2 Å². The van der Waals surface area contributed by atoms with Crippen LogP contribution in [0.2, 0.25) is 10.0 Å². The van der Waals surface area contributed by atoms with Crippen molar-refractivity contribution in [3.8, 4) is 0 Å². The van der Waals surface area contributed by atoms with Crippen molar-refractivity contribution in [1.29, 1.82) is 0 Å². The van der Waals surface area contributed by atoms with Crippen molar-refractivity contribution >= 4 is 52.3 Å². The molecule has 7 heteroatoms. The largest absolute Gasteiger partial charge is 0.481 e. The van der Waals surface area contributed by atoms with E-state index in [2.05, 4.69) is 4.98 Å². The molecule has 20 heavy (non-hydrogen) atoms. The summed E-state index contributed by atoms with van der Waals surface area (Å²) >= 11 is 15.0. The maximum Gasteiger partial charge on any atom is 0.308 e. The number of hydrogen-bond donors (Lipinski definition) is 1. The molecule has 1 aromatic carbocycles.